The molecule has 3 aromatic rings. The molecular formula is C23H20F4N6O4. The maximum Gasteiger partial charge on any atom is 0.270 e. The Labute approximate surface area is 207 Å². The molecule has 0 saturated heterocycles. The molecule has 1 unspecified atom stereocenters. The number of hydrogen-bond acceptors (Lipinski definition) is 8. The van der Waals surface area contributed by atoms with E-state index in [1.54, 1.807) is 6.92 Å². The zero-order valence-electron chi connectivity index (χ0n) is 19.5. The Balaban J connectivity index is 1.85. The molecule has 1 saturated carbocycles. The maximum atomic E-state index is 14.8. The van der Waals surface area contributed by atoms with Crippen LogP contribution in [0.5, 0.6) is 5.75 Å². The van der Waals surface area contributed by atoms with Crippen molar-refractivity contribution in [2.45, 2.75) is 25.3 Å². The minimum Gasteiger partial charge on any atom is -0.494 e. The molecule has 2 amide bonds. The van der Waals surface area contributed by atoms with Crippen molar-refractivity contribution < 1.29 is 36.7 Å². The number of nitrogens with zero attached hydrogens (tertiary/aromatic N) is 4. The molecule has 194 valence electrons. The molecule has 4 rings (SSSR count). The predicted octanol–water partition coefficient (Wildman–Crippen LogP) is 3.15. The maximum absolute atomic E-state index is 14.8. The van der Waals surface area contributed by atoms with Crippen molar-refractivity contribution in [1.82, 2.24) is 20.3 Å². The monoisotopic (exact) mass is 520 g/mol. The quantitative estimate of drug-likeness (QED) is 0.325. The molecule has 1 aromatic carbocycles. The highest BCUT2D eigenvalue weighted by Gasteiger charge is 2.58. The number of methoxy groups -OCH3 is 1. The lowest BCUT2D eigenvalue weighted by Gasteiger charge is -2.27. The van der Waals surface area contributed by atoms with E-state index in [0.717, 1.165) is 41.9 Å². The molecule has 0 aliphatic heterocycles. The van der Waals surface area contributed by atoms with Crippen LogP contribution in [0.4, 0.5) is 28.9 Å². The van der Waals surface area contributed by atoms with E-state index in [1.165, 1.54) is 7.11 Å². The van der Waals surface area contributed by atoms with Gasteiger partial charge in [0.05, 0.1) is 49.0 Å². The van der Waals surface area contributed by atoms with Gasteiger partial charge in [-0.3, -0.25) is 19.4 Å². The van der Waals surface area contributed by atoms with Crippen molar-refractivity contribution >= 4 is 23.2 Å². The number of carbonyl (C=O) groups excluding carboxylic acids is 2. The molecule has 2 aromatic heterocycles. The summed E-state index contributed by atoms with van der Waals surface area (Å²) in [6, 6.07) is 1.81. The van der Waals surface area contributed by atoms with Crippen LogP contribution in [0, 0.1) is 11.6 Å². The Kier molecular flexibility index (Phi) is 6.94. The second-order valence-electron chi connectivity index (χ2n) is 7.88. The first-order chi connectivity index (χ1) is 17.6. The van der Waals surface area contributed by atoms with Gasteiger partial charge in [0.1, 0.15) is 17.2 Å². The van der Waals surface area contributed by atoms with Crippen LogP contribution in [0.15, 0.2) is 36.8 Å². The summed E-state index contributed by atoms with van der Waals surface area (Å²) in [5.41, 5.74) is 4.71. The number of rotatable bonds is 9. The number of primary amides is 1. The van der Waals surface area contributed by atoms with Crippen molar-refractivity contribution in [2.75, 3.05) is 18.8 Å². The summed E-state index contributed by atoms with van der Waals surface area (Å²) < 4.78 is 60.2. The lowest BCUT2D eigenvalue weighted by Crippen LogP contribution is -2.31. The second-order valence-corrected chi connectivity index (χ2v) is 7.88. The van der Waals surface area contributed by atoms with Crippen LogP contribution in [0.25, 0.3) is 11.4 Å². The van der Waals surface area contributed by atoms with Crippen LogP contribution in [-0.4, -0.2) is 52.4 Å². The molecule has 0 spiro atoms. The van der Waals surface area contributed by atoms with Gasteiger partial charge < -0.3 is 15.8 Å². The number of nitrogens with two attached hydrogens (primary N) is 1. The van der Waals surface area contributed by atoms with Crippen molar-refractivity contribution in [3.63, 3.8) is 0 Å². The van der Waals surface area contributed by atoms with Crippen LogP contribution >= 0.6 is 0 Å². The van der Waals surface area contributed by atoms with Crippen molar-refractivity contribution in [1.29, 1.82) is 0 Å². The number of hydrogen-bond donors (Lipinski definition) is 2. The van der Waals surface area contributed by atoms with Gasteiger partial charge in [0.15, 0.2) is 17.4 Å². The van der Waals surface area contributed by atoms with E-state index in [9.17, 15) is 27.2 Å². The standard InChI is InChI=1S/C23H20F4N6O4/c1-3-37-33(17-5-11(24)4-13(19(17)36-2)21-30-8-12(25)9-31-21)16-6-15(29-10-14(16)20(28)34)22(35)32-18-7-23(18,26)27/h4-6,8-10,18H,3,7H2,1-2H3,(H2,28,34)(H,32,35). The first-order valence-electron chi connectivity index (χ1n) is 10.8. The highest BCUT2D eigenvalue weighted by molar-refractivity contribution is 6.02. The van der Waals surface area contributed by atoms with Crippen LogP contribution in [0.3, 0.4) is 0 Å². The average Bonchev–Trinajstić information content (AvgIpc) is 3.47. The van der Waals surface area contributed by atoms with Crippen molar-refractivity contribution in [3.05, 3.63) is 59.7 Å². The van der Waals surface area contributed by atoms with Gasteiger partial charge in [-0.15, -0.1) is 0 Å². The van der Waals surface area contributed by atoms with E-state index >= 15 is 0 Å². The zero-order chi connectivity index (χ0) is 26.9. The van der Waals surface area contributed by atoms with E-state index in [1.807, 2.05) is 0 Å². The zero-order valence-corrected chi connectivity index (χ0v) is 19.5. The average molecular weight is 520 g/mol. The normalized spacial score (nSPS) is 15.7. The van der Waals surface area contributed by atoms with E-state index < -0.39 is 41.8 Å². The van der Waals surface area contributed by atoms with Gasteiger partial charge in [0.2, 0.25) is 0 Å². The number of aromatic nitrogens is 3. The Morgan fingerprint density at radius 1 is 1.11 bits per heavy atom. The first kappa shape index (κ1) is 25.8. The summed E-state index contributed by atoms with van der Waals surface area (Å²) in [5.74, 6) is -6.53. The van der Waals surface area contributed by atoms with Gasteiger partial charge >= 0.3 is 0 Å². The van der Waals surface area contributed by atoms with Gasteiger partial charge in [0.25, 0.3) is 17.7 Å². The Morgan fingerprint density at radius 3 is 2.35 bits per heavy atom. The number of pyridine rings is 1. The molecule has 3 N–H and O–H groups in total. The number of benzene rings is 1. The number of nitrogens with one attached hydrogen (secondary N) is 1. The molecule has 1 atom stereocenters. The molecule has 14 heteroatoms. The molecular weight excluding hydrogens is 500 g/mol. The molecule has 2 heterocycles. The van der Waals surface area contributed by atoms with Crippen molar-refractivity contribution in [3.8, 4) is 17.1 Å². The van der Waals surface area contributed by atoms with Crippen LogP contribution < -0.4 is 20.9 Å². The van der Waals surface area contributed by atoms with Gasteiger partial charge in [0, 0.05) is 18.7 Å². The fourth-order valence-electron chi connectivity index (χ4n) is 3.49. The lowest BCUT2D eigenvalue weighted by molar-refractivity contribution is 0.0845. The third-order valence-electron chi connectivity index (χ3n) is 5.31. The molecule has 1 fully saturated rings. The SMILES string of the molecule is CCON(c1cc(C(=O)NC2CC2(F)F)ncc1C(N)=O)c1cc(F)cc(-c2ncc(F)cn2)c1OC. The third kappa shape index (κ3) is 5.28. The van der Waals surface area contributed by atoms with Crippen LogP contribution in [-0.2, 0) is 4.84 Å². The summed E-state index contributed by atoms with van der Waals surface area (Å²) in [6.07, 6.45) is 2.23. The van der Waals surface area contributed by atoms with E-state index in [-0.39, 0.29) is 46.4 Å². The summed E-state index contributed by atoms with van der Waals surface area (Å²) in [6.45, 7) is 1.58. The summed E-state index contributed by atoms with van der Waals surface area (Å²) in [4.78, 5) is 42.0. The molecule has 1 aliphatic carbocycles. The highest BCUT2D eigenvalue weighted by Crippen LogP contribution is 2.43. The Hall–Kier alpha value is -4.33. The molecule has 10 nitrogen and oxygen atoms in total. The summed E-state index contributed by atoms with van der Waals surface area (Å²) >= 11 is 0. The van der Waals surface area contributed by atoms with Crippen molar-refractivity contribution in [2.24, 2.45) is 5.73 Å². The van der Waals surface area contributed by atoms with Gasteiger partial charge in [-0.25, -0.2) is 32.6 Å². The summed E-state index contributed by atoms with van der Waals surface area (Å²) in [7, 11) is 1.27. The minimum absolute atomic E-state index is 0.0155. The van der Waals surface area contributed by atoms with Gasteiger partial charge in [-0.05, 0) is 19.1 Å². The smallest absolute Gasteiger partial charge is 0.270 e. The van der Waals surface area contributed by atoms with Crippen LogP contribution in [0.2, 0.25) is 0 Å². The van der Waals surface area contributed by atoms with E-state index in [0.29, 0.717) is 0 Å². The lowest BCUT2D eigenvalue weighted by atomic mass is 10.1. The Morgan fingerprint density at radius 2 is 1.78 bits per heavy atom. The molecule has 37 heavy (non-hydrogen) atoms. The fraction of sp³-hybridized carbons (Fsp3) is 0.261. The fourth-order valence-corrected chi connectivity index (χ4v) is 3.49. The molecule has 1 aliphatic rings. The van der Waals surface area contributed by atoms with Gasteiger partial charge in [-0.2, -0.15) is 0 Å². The highest BCUT2D eigenvalue weighted by atomic mass is 19.3. The molecule has 0 radical (unpaired) electrons. The number of alkyl halides is 2. The number of amides is 2. The topological polar surface area (TPSA) is 133 Å². The largest absolute Gasteiger partial charge is 0.494 e. The predicted molar refractivity (Wildman–Crippen MR) is 121 cm³/mol. The Bertz CT molecular complexity index is 1360. The second kappa shape index (κ2) is 9.97. The molecule has 0 bridgehead atoms. The summed E-state index contributed by atoms with van der Waals surface area (Å²) in [5, 5.41) is 3.14. The van der Waals surface area contributed by atoms with Gasteiger partial charge in [-0.1, -0.05) is 0 Å². The van der Waals surface area contributed by atoms with E-state index in [2.05, 4.69) is 20.3 Å². The first-order valence-corrected chi connectivity index (χ1v) is 10.8. The minimum atomic E-state index is -3.02. The number of anilines is 2. The van der Waals surface area contributed by atoms with E-state index in [4.69, 9.17) is 15.3 Å². The number of halogens is 4. The third-order valence-corrected chi connectivity index (χ3v) is 5.31. The number of carbonyl (C=O) groups is 2. The van der Waals surface area contributed by atoms with Crippen LogP contribution in [0.1, 0.15) is 34.2 Å². The number of ether oxygens (including phenoxy) is 1.